The van der Waals surface area contributed by atoms with Crippen molar-refractivity contribution < 1.29 is 18.0 Å². The minimum Gasteiger partial charge on any atom is -0.354 e. The van der Waals surface area contributed by atoms with E-state index in [1.165, 1.54) is 12.1 Å². The van der Waals surface area contributed by atoms with E-state index in [4.69, 9.17) is 5.14 Å². The zero-order chi connectivity index (χ0) is 22.3. The van der Waals surface area contributed by atoms with Gasteiger partial charge in [0.15, 0.2) is 0 Å². The second kappa shape index (κ2) is 10.9. The van der Waals surface area contributed by atoms with Crippen LogP contribution in [0.5, 0.6) is 0 Å². The van der Waals surface area contributed by atoms with E-state index in [0.717, 1.165) is 37.7 Å². The van der Waals surface area contributed by atoms with Gasteiger partial charge in [0.05, 0.1) is 4.90 Å². The molecule has 2 rings (SSSR count). The first-order chi connectivity index (χ1) is 14.1. The largest absolute Gasteiger partial charge is 0.354 e. The van der Waals surface area contributed by atoms with Crippen molar-refractivity contribution in [2.45, 2.75) is 70.2 Å². The van der Waals surface area contributed by atoms with Crippen LogP contribution in [0, 0.1) is 17.8 Å². The monoisotopic (exact) mass is 437 g/mol. The second-order valence-corrected chi connectivity index (χ2v) is 10.1. The van der Waals surface area contributed by atoms with Gasteiger partial charge in [-0.05, 0) is 61.6 Å². The van der Waals surface area contributed by atoms with Gasteiger partial charge in [-0.1, -0.05) is 39.3 Å². The number of rotatable bonds is 9. The van der Waals surface area contributed by atoms with E-state index >= 15 is 0 Å². The van der Waals surface area contributed by atoms with Gasteiger partial charge >= 0.3 is 0 Å². The van der Waals surface area contributed by atoms with Gasteiger partial charge in [0.1, 0.15) is 6.04 Å². The van der Waals surface area contributed by atoms with E-state index in [2.05, 4.69) is 17.6 Å². The maximum absolute atomic E-state index is 12.8. The highest BCUT2D eigenvalue weighted by atomic mass is 32.2. The number of nitrogens with two attached hydrogens (primary N) is 1. The summed E-state index contributed by atoms with van der Waals surface area (Å²) in [5.74, 6) is 0.508. The van der Waals surface area contributed by atoms with Gasteiger partial charge in [-0.15, -0.1) is 0 Å². The summed E-state index contributed by atoms with van der Waals surface area (Å²) in [6, 6.07) is 5.74. The Morgan fingerprint density at radius 1 is 1.13 bits per heavy atom. The summed E-state index contributed by atoms with van der Waals surface area (Å²) in [5.41, 5.74) is 0.892. The van der Waals surface area contributed by atoms with Gasteiger partial charge in [0, 0.05) is 12.5 Å². The molecule has 2 amide bonds. The van der Waals surface area contributed by atoms with Crippen molar-refractivity contribution in [3.05, 3.63) is 29.8 Å². The number of amides is 2. The first-order valence-corrected chi connectivity index (χ1v) is 12.4. The lowest BCUT2D eigenvalue weighted by molar-refractivity contribution is -0.133. The lowest BCUT2D eigenvalue weighted by Crippen LogP contribution is -2.52. The van der Waals surface area contributed by atoms with Crippen LogP contribution in [0.1, 0.15) is 58.4 Å². The molecule has 7 nitrogen and oxygen atoms in total. The number of carbonyl (C=O) groups is 2. The molecule has 0 unspecified atom stereocenters. The van der Waals surface area contributed by atoms with Crippen molar-refractivity contribution in [3.8, 4) is 0 Å². The van der Waals surface area contributed by atoms with Crippen LogP contribution in [-0.4, -0.2) is 32.8 Å². The van der Waals surface area contributed by atoms with Gasteiger partial charge in [0.25, 0.3) is 0 Å². The fraction of sp³-hybridized carbons (Fsp3) is 0.636. The van der Waals surface area contributed by atoms with Gasteiger partial charge < -0.3 is 10.6 Å². The topological polar surface area (TPSA) is 118 Å². The summed E-state index contributed by atoms with van der Waals surface area (Å²) in [4.78, 5) is 25.5. The summed E-state index contributed by atoms with van der Waals surface area (Å²) in [6.07, 6.45) is 5.23. The second-order valence-electron chi connectivity index (χ2n) is 8.56. The predicted octanol–water partition coefficient (Wildman–Crippen LogP) is 2.35. The van der Waals surface area contributed by atoms with E-state index in [1.54, 1.807) is 12.1 Å². The number of sulfonamides is 1. The van der Waals surface area contributed by atoms with Gasteiger partial charge in [-0.3, -0.25) is 9.59 Å². The maximum atomic E-state index is 12.8. The molecule has 8 heteroatoms. The SMILES string of the molecule is CC[C@H](C)[C@@H](NC(=O)C1CCC(C)CC1)C(=O)NCCc1ccc(S(N)(=O)=O)cc1. The van der Waals surface area contributed by atoms with E-state index < -0.39 is 16.1 Å². The van der Waals surface area contributed by atoms with Gasteiger partial charge in [0.2, 0.25) is 21.8 Å². The Hall–Kier alpha value is -1.93. The molecule has 0 aromatic heterocycles. The Labute approximate surface area is 180 Å². The van der Waals surface area contributed by atoms with Crippen molar-refractivity contribution in [2.75, 3.05) is 6.54 Å². The third-order valence-electron chi connectivity index (χ3n) is 6.14. The van der Waals surface area contributed by atoms with Crippen LogP contribution in [0.3, 0.4) is 0 Å². The maximum Gasteiger partial charge on any atom is 0.242 e. The molecule has 4 N–H and O–H groups in total. The molecule has 0 radical (unpaired) electrons. The summed E-state index contributed by atoms with van der Waals surface area (Å²) in [7, 11) is -3.71. The van der Waals surface area contributed by atoms with Gasteiger partial charge in [-0.2, -0.15) is 0 Å². The summed E-state index contributed by atoms with van der Waals surface area (Å²) >= 11 is 0. The van der Waals surface area contributed by atoms with Crippen molar-refractivity contribution >= 4 is 21.8 Å². The molecule has 0 aliphatic heterocycles. The summed E-state index contributed by atoms with van der Waals surface area (Å²) in [6.45, 7) is 6.59. The molecule has 1 saturated carbocycles. The lowest BCUT2D eigenvalue weighted by Gasteiger charge is -2.29. The zero-order valence-electron chi connectivity index (χ0n) is 18.2. The molecule has 168 valence electrons. The van der Waals surface area contributed by atoms with Crippen molar-refractivity contribution in [3.63, 3.8) is 0 Å². The van der Waals surface area contributed by atoms with Crippen molar-refractivity contribution in [1.82, 2.24) is 10.6 Å². The van der Waals surface area contributed by atoms with Crippen LogP contribution in [0.25, 0.3) is 0 Å². The highest BCUT2D eigenvalue weighted by Crippen LogP contribution is 2.28. The molecule has 2 atom stereocenters. The molecule has 1 aromatic carbocycles. The fourth-order valence-corrected chi connectivity index (χ4v) is 4.30. The third kappa shape index (κ3) is 7.09. The molecule has 1 aliphatic rings. The molecule has 0 heterocycles. The van der Waals surface area contributed by atoms with E-state index in [9.17, 15) is 18.0 Å². The number of primary sulfonamides is 1. The first-order valence-electron chi connectivity index (χ1n) is 10.8. The Morgan fingerprint density at radius 3 is 2.27 bits per heavy atom. The number of hydrogen-bond acceptors (Lipinski definition) is 4. The number of benzene rings is 1. The Morgan fingerprint density at radius 2 is 1.73 bits per heavy atom. The third-order valence-corrected chi connectivity index (χ3v) is 7.07. The Balaban J connectivity index is 1.89. The highest BCUT2D eigenvalue weighted by molar-refractivity contribution is 7.89. The molecule has 1 aromatic rings. The highest BCUT2D eigenvalue weighted by Gasteiger charge is 2.30. The van der Waals surface area contributed by atoms with Crippen LogP contribution >= 0.6 is 0 Å². The minimum absolute atomic E-state index is 0.00195. The Kier molecular flexibility index (Phi) is 8.85. The molecule has 30 heavy (non-hydrogen) atoms. The minimum atomic E-state index is -3.71. The van der Waals surface area contributed by atoms with Crippen molar-refractivity contribution in [1.29, 1.82) is 0 Å². The first kappa shape index (κ1) is 24.3. The van der Waals surface area contributed by atoms with Crippen LogP contribution in [0.4, 0.5) is 0 Å². The molecule has 0 spiro atoms. The van der Waals surface area contributed by atoms with E-state index in [1.807, 2.05) is 13.8 Å². The van der Waals surface area contributed by atoms with E-state index in [-0.39, 0.29) is 28.5 Å². The number of nitrogens with one attached hydrogen (secondary N) is 2. The number of hydrogen-bond donors (Lipinski definition) is 3. The average Bonchev–Trinajstić information content (AvgIpc) is 2.71. The molecular formula is C22H35N3O4S. The molecular weight excluding hydrogens is 402 g/mol. The summed E-state index contributed by atoms with van der Waals surface area (Å²) < 4.78 is 22.6. The lowest BCUT2D eigenvalue weighted by atomic mass is 9.82. The van der Waals surface area contributed by atoms with Crippen LogP contribution in [-0.2, 0) is 26.0 Å². The predicted molar refractivity (Wildman–Crippen MR) is 117 cm³/mol. The molecule has 1 fully saturated rings. The van der Waals surface area contributed by atoms with Crippen LogP contribution in [0.15, 0.2) is 29.2 Å². The normalized spacial score (nSPS) is 21.5. The quantitative estimate of drug-likeness (QED) is 0.549. The zero-order valence-corrected chi connectivity index (χ0v) is 19.0. The smallest absolute Gasteiger partial charge is 0.242 e. The fourth-order valence-electron chi connectivity index (χ4n) is 3.78. The standard InChI is InChI=1S/C22H35N3O4S/c1-4-16(3)20(25-21(26)18-9-5-15(2)6-10-18)22(27)24-14-13-17-7-11-19(12-8-17)30(23,28)29/h7-8,11-12,15-16,18,20H,4-6,9-10,13-14H2,1-3H3,(H,24,27)(H,25,26)(H2,23,28,29)/t15?,16-,18?,20+/m0/s1. The van der Waals surface area contributed by atoms with Crippen molar-refractivity contribution in [2.24, 2.45) is 22.9 Å². The average molecular weight is 438 g/mol. The Bertz CT molecular complexity index is 815. The molecule has 0 saturated heterocycles. The van der Waals surface area contributed by atoms with Crippen LogP contribution < -0.4 is 15.8 Å². The van der Waals surface area contributed by atoms with Crippen LogP contribution in [0.2, 0.25) is 0 Å². The number of carbonyl (C=O) groups excluding carboxylic acids is 2. The summed E-state index contributed by atoms with van der Waals surface area (Å²) in [5, 5.41) is 11.0. The van der Waals surface area contributed by atoms with Gasteiger partial charge in [-0.25, -0.2) is 13.6 Å². The van der Waals surface area contributed by atoms with E-state index in [0.29, 0.717) is 18.9 Å². The molecule has 0 bridgehead atoms. The molecule has 1 aliphatic carbocycles.